The topological polar surface area (TPSA) is 423 Å². The Balaban J connectivity index is 3.44. The summed E-state index contributed by atoms with van der Waals surface area (Å²) >= 11 is 0. The normalized spacial score (nSPS) is 14.4. The fraction of sp³-hybridized carbons (Fsp3) is 0.762. The quantitative estimate of drug-likeness (QED) is 0.0294. The number of unbranched alkanes of at least 4 members (excludes halogenated alkanes) is 6. The molecule has 0 fully saturated rings. The molecule has 0 aliphatic heterocycles. The Kier molecular flexibility index (Phi) is 31.8. The first kappa shape index (κ1) is 58.2. The number of carboxylic acids is 1. The van der Waals surface area contributed by atoms with E-state index >= 15 is 0 Å². The van der Waals surface area contributed by atoms with Crippen molar-refractivity contribution in [1.29, 1.82) is 0 Å². The second-order valence-electron chi connectivity index (χ2n) is 16.3. The van der Waals surface area contributed by atoms with E-state index in [-0.39, 0.29) is 38.5 Å². The number of hydrogen-bond acceptors (Lipinski definition) is 15. The molecule has 6 amide bonds. The van der Waals surface area contributed by atoms with Gasteiger partial charge in [-0.15, -0.1) is 0 Å². The molecule has 65 heavy (non-hydrogen) atoms. The highest BCUT2D eigenvalue weighted by Crippen LogP contribution is 2.11. The van der Waals surface area contributed by atoms with Gasteiger partial charge in [0.05, 0.1) is 12.4 Å². The molecule has 1 aromatic rings. The summed E-state index contributed by atoms with van der Waals surface area (Å²) in [5.74, 6) is -5.26. The molecule has 0 saturated heterocycles. The molecule has 23 heteroatoms. The largest absolute Gasteiger partial charge is 0.480 e. The SMILES string of the molecule is NCCCC[C@H](NC(=O)[C@H](CCCCN)NC(=O)[C@H](CCCCN)NC(=O)[C@H](Cc1cnc[nH]1)NC(=O)[C@H](CCCCN)NC(=O)[C@H](CCCCN)NC(=O)[C@@H](N)CCCCN)C(=O)O. The van der Waals surface area contributed by atoms with Gasteiger partial charge in [0, 0.05) is 18.3 Å². The summed E-state index contributed by atoms with van der Waals surface area (Å²) < 4.78 is 0. The lowest BCUT2D eigenvalue weighted by Gasteiger charge is -2.28. The summed E-state index contributed by atoms with van der Waals surface area (Å²) in [4.78, 5) is 102. The molecular formula is C42H81N15O8. The van der Waals surface area contributed by atoms with Crippen molar-refractivity contribution in [2.24, 2.45) is 40.1 Å². The van der Waals surface area contributed by atoms with Crippen LogP contribution in [-0.2, 0) is 40.0 Å². The Morgan fingerprint density at radius 2 is 0.738 bits per heavy atom. The number of amides is 6. The van der Waals surface area contributed by atoms with Crippen molar-refractivity contribution in [3.8, 4) is 0 Å². The minimum atomic E-state index is -1.30. The Bertz CT molecular complexity index is 1520. The summed E-state index contributed by atoms with van der Waals surface area (Å²) in [6.45, 7) is 2.14. The van der Waals surface area contributed by atoms with Gasteiger partial charge in [0.1, 0.15) is 36.3 Å². The monoisotopic (exact) mass is 924 g/mol. The predicted octanol–water partition coefficient (Wildman–Crippen LogP) is -2.95. The summed E-state index contributed by atoms with van der Waals surface area (Å²) in [5, 5.41) is 26.0. The lowest BCUT2D eigenvalue weighted by molar-refractivity contribution is -0.142. The lowest BCUT2D eigenvalue weighted by atomic mass is 10.0. The smallest absolute Gasteiger partial charge is 0.326 e. The third-order valence-corrected chi connectivity index (χ3v) is 10.8. The van der Waals surface area contributed by atoms with Crippen molar-refractivity contribution in [2.75, 3.05) is 39.3 Å². The minimum absolute atomic E-state index is 0.0944. The van der Waals surface area contributed by atoms with Crippen molar-refractivity contribution in [1.82, 2.24) is 41.9 Å². The minimum Gasteiger partial charge on any atom is -0.480 e. The highest BCUT2D eigenvalue weighted by atomic mass is 16.4. The van der Waals surface area contributed by atoms with E-state index in [1.165, 1.54) is 12.5 Å². The maximum Gasteiger partial charge on any atom is 0.326 e. The molecule has 0 aliphatic rings. The van der Waals surface area contributed by atoms with Gasteiger partial charge >= 0.3 is 5.97 Å². The van der Waals surface area contributed by atoms with Crippen molar-refractivity contribution in [3.63, 3.8) is 0 Å². The lowest BCUT2D eigenvalue weighted by Crippen LogP contribution is -2.60. The van der Waals surface area contributed by atoms with Crippen LogP contribution in [0.5, 0.6) is 0 Å². The molecule has 0 spiro atoms. The van der Waals surface area contributed by atoms with Gasteiger partial charge in [-0.3, -0.25) is 28.8 Å². The number of aromatic amines is 1. The predicted molar refractivity (Wildman–Crippen MR) is 247 cm³/mol. The van der Waals surface area contributed by atoms with Crippen LogP contribution in [-0.4, -0.2) is 138 Å². The van der Waals surface area contributed by atoms with Crippen LogP contribution in [0.3, 0.4) is 0 Å². The van der Waals surface area contributed by atoms with Crippen molar-refractivity contribution in [2.45, 2.75) is 164 Å². The van der Waals surface area contributed by atoms with Crippen LogP contribution < -0.4 is 72.0 Å². The molecule has 0 radical (unpaired) electrons. The Morgan fingerprint density at radius 1 is 0.446 bits per heavy atom. The van der Waals surface area contributed by atoms with Crippen molar-refractivity contribution in [3.05, 3.63) is 18.2 Å². The van der Waals surface area contributed by atoms with Crippen LogP contribution in [0.4, 0.5) is 0 Å². The molecule has 0 aliphatic carbocycles. The first-order chi connectivity index (χ1) is 31.3. The number of aromatic nitrogens is 2. The number of carboxylic acid groups (broad SMARTS) is 1. The van der Waals surface area contributed by atoms with E-state index in [0.717, 1.165) is 0 Å². The van der Waals surface area contributed by atoms with Gasteiger partial charge in [-0.25, -0.2) is 9.78 Å². The average molecular weight is 924 g/mol. The maximum atomic E-state index is 14.3. The molecular weight excluding hydrogens is 843 g/mol. The van der Waals surface area contributed by atoms with Crippen molar-refractivity contribution >= 4 is 41.4 Å². The molecule has 22 N–H and O–H groups in total. The highest BCUT2D eigenvalue weighted by molar-refractivity contribution is 5.97. The number of rotatable bonds is 39. The number of hydrogen-bond donors (Lipinski definition) is 15. The number of imidazole rings is 1. The molecule has 1 aromatic heterocycles. The number of aliphatic carboxylic acids is 1. The fourth-order valence-corrected chi connectivity index (χ4v) is 6.90. The third-order valence-electron chi connectivity index (χ3n) is 10.8. The summed E-state index contributed by atoms with van der Waals surface area (Å²) in [6.07, 6.45) is 10.2. The van der Waals surface area contributed by atoms with Gasteiger partial charge in [0.25, 0.3) is 0 Å². The molecule has 23 nitrogen and oxygen atoms in total. The standard InChI is InChI=1S/C42H81N15O8/c43-19-7-1-13-29(49)36(58)52-30(14-2-8-20-44)37(59)54-33(17-5-11-23-47)40(62)57-35(25-28-26-50-27-51-28)41(63)55-31(15-3-9-21-45)38(60)53-32(16-4-10-22-46)39(61)56-34(42(64)65)18-6-12-24-48/h26-27,29-35H,1-25,43-49H2,(H,50,51)(H,52,58)(H,53,60)(H,54,59)(H,55,63)(H,56,61)(H,57,62)(H,64,65)/t29-,30-,31-,32-,33-,34-,35-/m0/s1. The molecule has 372 valence electrons. The van der Waals surface area contributed by atoms with E-state index in [0.29, 0.717) is 128 Å². The second-order valence-corrected chi connectivity index (χ2v) is 16.3. The van der Waals surface area contributed by atoms with E-state index in [9.17, 15) is 38.7 Å². The zero-order valence-electron chi connectivity index (χ0n) is 38.2. The highest BCUT2D eigenvalue weighted by Gasteiger charge is 2.34. The number of carbonyl (C=O) groups is 7. The zero-order chi connectivity index (χ0) is 48.4. The third kappa shape index (κ3) is 24.9. The fourth-order valence-electron chi connectivity index (χ4n) is 6.90. The average Bonchev–Trinajstić information content (AvgIpc) is 3.80. The number of H-pyrrole nitrogens is 1. The first-order valence-corrected chi connectivity index (χ1v) is 23.2. The van der Waals surface area contributed by atoms with Crippen LogP contribution >= 0.6 is 0 Å². The molecule has 7 atom stereocenters. The Morgan fingerprint density at radius 3 is 1.06 bits per heavy atom. The van der Waals surface area contributed by atoms with Gasteiger partial charge in [0.2, 0.25) is 35.4 Å². The molecule has 0 unspecified atom stereocenters. The number of carbonyl (C=O) groups excluding carboxylic acids is 6. The maximum absolute atomic E-state index is 14.3. The van der Waals surface area contributed by atoms with Crippen LogP contribution in [0.25, 0.3) is 0 Å². The second kappa shape index (κ2) is 35.5. The Hall–Kier alpha value is -4.78. The number of nitrogens with zero attached hydrogens (tertiary/aromatic N) is 1. The van der Waals surface area contributed by atoms with E-state index in [2.05, 4.69) is 41.9 Å². The zero-order valence-corrected chi connectivity index (χ0v) is 38.2. The number of nitrogens with two attached hydrogens (primary N) is 7. The van der Waals surface area contributed by atoms with Gasteiger partial charge in [-0.2, -0.15) is 0 Å². The van der Waals surface area contributed by atoms with Crippen LogP contribution in [0.1, 0.15) is 121 Å². The summed E-state index contributed by atoms with van der Waals surface area (Å²) in [5.41, 5.74) is 40.6. The molecule has 0 saturated carbocycles. The van der Waals surface area contributed by atoms with Crippen LogP contribution in [0.15, 0.2) is 12.5 Å². The van der Waals surface area contributed by atoms with Gasteiger partial charge in [0.15, 0.2) is 0 Å². The van der Waals surface area contributed by atoms with Gasteiger partial charge < -0.3 is 82.1 Å². The molecule has 1 heterocycles. The number of nitrogens with one attached hydrogen (secondary N) is 7. The molecule has 0 aromatic carbocycles. The van der Waals surface area contributed by atoms with E-state index in [4.69, 9.17) is 40.1 Å². The summed E-state index contributed by atoms with van der Waals surface area (Å²) in [7, 11) is 0. The molecule has 1 rings (SSSR count). The van der Waals surface area contributed by atoms with Crippen LogP contribution in [0, 0.1) is 0 Å². The van der Waals surface area contributed by atoms with E-state index < -0.39 is 83.7 Å². The van der Waals surface area contributed by atoms with Crippen molar-refractivity contribution < 1.29 is 38.7 Å². The van der Waals surface area contributed by atoms with Gasteiger partial charge in [-0.05, 0) is 148 Å². The first-order valence-electron chi connectivity index (χ1n) is 23.2. The van der Waals surface area contributed by atoms with Crippen LogP contribution in [0.2, 0.25) is 0 Å². The Labute approximate surface area is 383 Å². The van der Waals surface area contributed by atoms with E-state index in [1.807, 2.05) is 0 Å². The van der Waals surface area contributed by atoms with E-state index in [1.54, 1.807) is 0 Å². The van der Waals surface area contributed by atoms with Gasteiger partial charge in [-0.1, -0.05) is 6.42 Å². The summed E-state index contributed by atoms with van der Waals surface area (Å²) in [6, 6.07) is -7.97. The molecule has 0 bridgehead atoms.